The highest BCUT2D eigenvalue weighted by Gasteiger charge is 2.41. The minimum absolute atomic E-state index is 0.0301. The summed E-state index contributed by atoms with van der Waals surface area (Å²) in [6.45, 7) is 2.53. The summed E-state index contributed by atoms with van der Waals surface area (Å²) in [5.74, 6) is 0.851. The van der Waals surface area contributed by atoms with Gasteiger partial charge in [0.2, 0.25) is 21.8 Å². The Morgan fingerprint density at radius 3 is 2.40 bits per heavy atom. The van der Waals surface area contributed by atoms with E-state index in [9.17, 15) is 13.2 Å². The molecule has 2 fully saturated rings. The van der Waals surface area contributed by atoms with E-state index in [1.54, 1.807) is 6.92 Å². The second kappa shape index (κ2) is 7.03. The molecule has 140 valence electrons. The third kappa shape index (κ3) is 4.03. The zero-order chi connectivity index (χ0) is 18.1. The first-order valence-electron chi connectivity index (χ1n) is 8.88. The fourth-order valence-electron chi connectivity index (χ4n) is 3.84. The van der Waals surface area contributed by atoms with Crippen LogP contribution in [0.5, 0.6) is 0 Å². The molecular formula is C16H26N4O4S. The molecule has 0 spiro atoms. The van der Waals surface area contributed by atoms with Crippen molar-refractivity contribution < 1.29 is 17.7 Å². The van der Waals surface area contributed by atoms with Crippen LogP contribution in [0.4, 0.5) is 0 Å². The number of nitrogens with one attached hydrogen (secondary N) is 1. The van der Waals surface area contributed by atoms with Crippen molar-refractivity contribution >= 4 is 15.9 Å². The average Bonchev–Trinajstić information content (AvgIpc) is 3.02. The van der Waals surface area contributed by atoms with Crippen LogP contribution < -0.4 is 5.32 Å². The van der Waals surface area contributed by atoms with Crippen LogP contribution in [0.2, 0.25) is 0 Å². The molecule has 0 bridgehead atoms. The van der Waals surface area contributed by atoms with E-state index in [0.29, 0.717) is 37.6 Å². The highest BCUT2D eigenvalue weighted by atomic mass is 32.2. The van der Waals surface area contributed by atoms with Crippen LogP contribution >= 0.6 is 0 Å². The quantitative estimate of drug-likeness (QED) is 0.857. The molecule has 1 aromatic rings. The zero-order valence-corrected chi connectivity index (χ0v) is 15.6. The fraction of sp³-hybridized carbons (Fsp3) is 0.812. The van der Waals surface area contributed by atoms with E-state index < -0.39 is 15.6 Å². The van der Waals surface area contributed by atoms with Gasteiger partial charge in [-0.3, -0.25) is 4.79 Å². The third-order valence-corrected chi connectivity index (χ3v) is 6.62. The summed E-state index contributed by atoms with van der Waals surface area (Å²) in [6, 6.07) is 0. The van der Waals surface area contributed by atoms with E-state index in [2.05, 4.69) is 15.5 Å². The van der Waals surface area contributed by atoms with Crippen LogP contribution in [0.15, 0.2) is 4.52 Å². The number of hydrogen-bond donors (Lipinski definition) is 1. The van der Waals surface area contributed by atoms with Crippen molar-refractivity contribution in [2.75, 3.05) is 19.3 Å². The smallest absolute Gasteiger partial charge is 0.224 e. The van der Waals surface area contributed by atoms with Crippen LogP contribution in [0.3, 0.4) is 0 Å². The Morgan fingerprint density at radius 2 is 1.88 bits per heavy atom. The first-order chi connectivity index (χ1) is 11.8. The van der Waals surface area contributed by atoms with Crippen molar-refractivity contribution in [1.29, 1.82) is 0 Å². The molecule has 8 nitrogen and oxygen atoms in total. The number of sulfonamides is 1. The number of nitrogens with zero attached hydrogens (tertiary/aromatic N) is 3. The summed E-state index contributed by atoms with van der Waals surface area (Å²) in [6.07, 6.45) is 7.07. The van der Waals surface area contributed by atoms with Gasteiger partial charge in [-0.2, -0.15) is 4.98 Å². The molecule has 1 aromatic heterocycles. The summed E-state index contributed by atoms with van der Waals surface area (Å²) in [7, 11) is -3.19. The molecule has 9 heteroatoms. The average molecular weight is 370 g/mol. The van der Waals surface area contributed by atoms with E-state index in [1.165, 1.54) is 10.6 Å². The van der Waals surface area contributed by atoms with E-state index in [4.69, 9.17) is 4.52 Å². The summed E-state index contributed by atoms with van der Waals surface area (Å²) < 4.78 is 29.8. The summed E-state index contributed by atoms with van der Waals surface area (Å²) >= 11 is 0. The minimum Gasteiger partial charge on any atom is -0.343 e. The van der Waals surface area contributed by atoms with Gasteiger partial charge in [0.1, 0.15) is 5.54 Å². The minimum atomic E-state index is -3.19. The van der Waals surface area contributed by atoms with Gasteiger partial charge >= 0.3 is 0 Å². The maximum Gasteiger partial charge on any atom is 0.224 e. The Kier molecular flexibility index (Phi) is 5.15. The van der Waals surface area contributed by atoms with E-state index in [1.807, 2.05) is 0 Å². The second-order valence-corrected chi connectivity index (χ2v) is 9.19. The standard InChI is InChI=1S/C16H26N4O4S/c1-12-17-15(19-24-12)16(8-4-3-5-9-16)18-14(21)13-6-10-20(11-7-13)25(2,22)23/h13H,3-11H2,1-2H3,(H,18,21). The molecule has 1 saturated carbocycles. The van der Waals surface area contributed by atoms with Gasteiger partial charge in [-0.15, -0.1) is 0 Å². The molecular weight excluding hydrogens is 344 g/mol. The predicted molar refractivity (Wildman–Crippen MR) is 91.1 cm³/mol. The second-order valence-electron chi connectivity index (χ2n) is 7.21. The molecule has 1 amide bonds. The van der Waals surface area contributed by atoms with Gasteiger partial charge in [0, 0.05) is 25.9 Å². The van der Waals surface area contributed by atoms with E-state index in [-0.39, 0.29) is 11.8 Å². The Morgan fingerprint density at radius 1 is 1.24 bits per heavy atom. The number of amides is 1. The molecule has 0 unspecified atom stereocenters. The molecule has 2 aliphatic rings. The van der Waals surface area contributed by atoms with Crippen LogP contribution in [0, 0.1) is 12.8 Å². The summed E-state index contributed by atoms with van der Waals surface area (Å²) in [5.41, 5.74) is -0.555. The molecule has 0 aromatic carbocycles. The molecule has 1 aliphatic heterocycles. The normalized spacial score (nSPS) is 22.6. The SMILES string of the molecule is Cc1nc(C2(NC(=O)C3CCN(S(C)(=O)=O)CC3)CCCCC2)no1. The lowest BCUT2D eigenvalue weighted by atomic mass is 9.80. The number of rotatable bonds is 4. The van der Waals surface area contributed by atoms with Gasteiger partial charge in [-0.05, 0) is 25.7 Å². The number of aryl methyl sites for hydroxylation is 1. The van der Waals surface area contributed by atoms with Gasteiger partial charge in [-0.25, -0.2) is 12.7 Å². The number of carbonyl (C=O) groups is 1. The van der Waals surface area contributed by atoms with Crippen molar-refractivity contribution in [2.24, 2.45) is 5.92 Å². The first-order valence-corrected chi connectivity index (χ1v) is 10.7. The first kappa shape index (κ1) is 18.3. The predicted octanol–water partition coefficient (Wildman–Crippen LogP) is 1.33. The Hall–Kier alpha value is -1.48. The van der Waals surface area contributed by atoms with Gasteiger partial charge < -0.3 is 9.84 Å². The highest BCUT2D eigenvalue weighted by molar-refractivity contribution is 7.88. The lowest BCUT2D eigenvalue weighted by Gasteiger charge is -2.37. The Bertz CT molecular complexity index is 716. The van der Waals surface area contributed by atoms with Crippen LogP contribution in [0.1, 0.15) is 56.7 Å². The molecule has 2 heterocycles. The van der Waals surface area contributed by atoms with Gasteiger partial charge in [-0.1, -0.05) is 24.4 Å². The van der Waals surface area contributed by atoms with E-state index >= 15 is 0 Å². The monoisotopic (exact) mass is 370 g/mol. The van der Waals surface area contributed by atoms with Gasteiger partial charge in [0.05, 0.1) is 6.26 Å². The Labute approximate surface area is 148 Å². The van der Waals surface area contributed by atoms with Crippen LogP contribution in [0.25, 0.3) is 0 Å². The van der Waals surface area contributed by atoms with Crippen molar-refractivity contribution in [2.45, 2.75) is 57.4 Å². The molecule has 0 radical (unpaired) electrons. The summed E-state index contributed by atoms with van der Waals surface area (Å²) in [5, 5.41) is 7.26. The topological polar surface area (TPSA) is 105 Å². The molecule has 3 rings (SSSR count). The third-order valence-electron chi connectivity index (χ3n) is 5.32. The van der Waals surface area contributed by atoms with Gasteiger partial charge in [0.15, 0.2) is 5.82 Å². The molecule has 1 saturated heterocycles. The lowest BCUT2D eigenvalue weighted by Crippen LogP contribution is -2.51. The number of aromatic nitrogens is 2. The van der Waals surface area contributed by atoms with Crippen LogP contribution in [-0.2, 0) is 20.4 Å². The zero-order valence-electron chi connectivity index (χ0n) is 14.8. The van der Waals surface area contributed by atoms with Crippen molar-refractivity contribution in [3.05, 3.63) is 11.7 Å². The molecule has 0 atom stereocenters. The maximum atomic E-state index is 12.8. The fourth-order valence-corrected chi connectivity index (χ4v) is 4.72. The summed E-state index contributed by atoms with van der Waals surface area (Å²) in [4.78, 5) is 17.2. The molecule has 25 heavy (non-hydrogen) atoms. The van der Waals surface area contributed by atoms with Gasteiger partial charge in [0.25, 0.3) is 0 Å². The largest absolute Gasteiger partial charge is 0.343 e. The van der Waals surface area contributed by atoms with Crippen LogP contribution in [-0.4, -0.2) is 48.1 Å². The Balaban J connectivity index is 1.69. The van der Waals surface area contributed by atoms with Crippen molar-refractivity contribution in [1.82, 2.24) is 19.8 Å². The number of hydrogen-bond acceptors (Lipinski definition) is 6. The lowest BCUT2D eigenvalue weighted by molar-refractivity contribution is -0.129. The molecule has 1 N–H and O–H groups in total. The highest BCUT2D eigenvalue weighted by Crippen LogP contribution is 2.36. The van der Waals surface area contributed by atoms with Crippen molar-refractivity contribution in [3.63, 3.8) is 0 Å². The number of carbonyl (C=O) groups excluding carboxylic acids is 1. The molecule has 1 aliphatic carbocycles. The number of piperidine rings is 1. The van der Waals surface area contributed by atoms with E-state index in [0.717, 1.165) is 32.1 Å². The van der Waals surface area contributed by atoms with Crippen molar-refractivity contribution in [3.8, 4) is 0 Å². The maximum absolute atomic E-state index is 12.8.